The number of rotatable bonds is 3. The number of hydrogen-bond donors (Lipinski definition) is 2. The molecule has 2 rings (SSSR count). The van der Waals surface area contributed by atoms with Crippen molar-refractivity contribution in [3.05, 3.63) is 46.7 Å². The van der Waals surface area contributed by atoms with E-state index < -0.39 is 0 Å². The minimum Gasteiger partial charge on any atom is -0.347 e. The summed E-state index contributed by atoms with van der Waals surface area (Å²) in [7, 11) is 0. The fourth-order valence-electron chi connectivity index (χ4n) is 1.39. The predicted molar refractivity (Wildman–Crippen MR) is 66.4 cm³/mol. The Morgan fingerprint density at radius 1 is 1.53 bits per heavy atom. The summed E-state index contributed by atoms with van der Waals surface area (Å²) in [6.45, 7) is 1.86. The number of aromatic amines is 1. The summed E-state index contributed by atoms with van der Waals surface area (Å²) >= 11 is 3.23. The van der Waals surface area contributed by atoms with Crippen LogP contribution >= 0.6 is 15.9 Å². The molecule has 2 aromatic heterocycles. The molecule has 6 heteroatoms. The molecule has 0 aliphatic carbocycles. The number of H-pyrrole nitrogens is 1. The summed E-state index contributed by atoms with van der Waals surface area (Å²) in [5.74, 6) is 0.489. The molecular formula is C11H11BrN4O. The molecule has 0 saturated heterocycles. The first kappa shape index (κ1) is 11.8. The minimum atomic E-state index is -0.227. The minimum absolute atomic E-state index is 0.182. The van der Waals surface area contributed by atoms with Crippen molar-refractivity contribution in [3.63, 3.8) is 0 Å². The quantitative estimate of drug-likeness (QED) is 0.851. The first-order chi connectivity index (χ1) is 8.16. The molecule has 0 aliphatic heterocycles. The van der Waals surface area contributed by atoms with E-state index in [2.05, 4.69) is 36.2 Å². The van der Waals surface area contributed by atoms with Gasteiger partial charge in [0.1, 0.15) is 16.1 Å². The number of hydrogen-bond acceptors (Lipinski definition) is 3. The van der Waals surface area contributed by atoms with Crippen LogP contribution in [0, 0.1) is 0 Å². The molecule has 2 N–H and O–H groups in total. The summed E-state index contributed by atoms with van der Waals surface area (Å²) in [5, 5.41) is 2.81. The van der Waals surface area contributed by atoms with Crippen molar-refractivity contribution in [1.29, 1.82) is 0 Å². The molecule has 0 aromatic carbocycles. The van der Waals surface area contributed by atoms with E-state index in [0.29, 0.717) is 16.1 Å². The zero-order valence-corrected chi connectivity index (χ0v) is 10.7. The molecule has 1 amide bonds. The van der Waals surface area contributed by atoms with Gasteiger partial charge in [-0.1, -0.05) is 6.07 Å². The van der Waals surface area contributed by atoms with E-state index in [1.165, 1.54) is 0 Å². The maximum Gasteiger partial charge on any atom is 0.270 e. The lowest BCUT2D eigenvalue weighted by molar-refractivity contribution is 0.0933. The van der Waals surface area contributed by atoms with Crippen molar-refractivity contribution < 1.29 is 4.79 Å². The fourth-order valence-corrected chi connectivity index (χ4v) is 1.73. The molecule has 88 valence electrons. The number of carbonyl (C=O) groups excluding carboxylic acids is 1. The van der Waals surface area contributed by atoms with Crippen LogP contribution in [0.15, 0.2) is 35.2 Å². The van der Waals surface area contributed by atoms with Gasteiger partial charge in [-0.25, -0.2) is 9.97 Å². The van der Waals surface area contributed by atoms with Crippen molar-refractivity contribution in [2.45, 2.75) is 13.0 Å². The molecule has 0 aliphatic rings. The highest BCUT2D eigenvalue weighted by atomic mass is 79.9. The first-order valence-corrected chi connectivity index (χ1v) is 5.89. The van der Waals surface area contributed by atoms with Crippen molar-refractivity contribution in [2.24, 2.45) is 0 Å². The Kier molecular flexibility index (Phi) is 3.53. The van der Waals surface area contributed by atoms with Crippen LogP contribution in [-0.2, 0) is 0 Å². The highest BCUT2D eigenvalue weighted by Crippen LogP contribution is 2.09. The number of imidazole rings is 1. The van der Waals surface area contributed by atoms with Crippen molar-refractivity contribution >= 4 is 21.8 Å². The van der Waals surface area contributed by atoms with Crippen LogP contribution in [0.5, 0.6) is 0 Å². The summed E-state index contributed by atoms with van der Waals surface area (Å²) in [6.07, 6.45) is 3.37. The standard InChI is InChI=1S/C11H11BrN4O/c1-7(10-13-5-6-14-10)15-11(17)8-3-2-4-9(12)16-8/h2-7H,1H3,(H,13,14)(H,15,17). The van der Waals surface area contributed by atoms with E-state index in [1.807, 2.05) is 6.92 Å². The average Bonchev–Trinajstić information content (AvgIpc) is 2.82. The van der Waals surface area contributed by atoms with Crippen LogP contribution in [0.2, 0.25) is 0 Å². The van der Waals surface area contributed by atoms with Gasteiger partial charge in [0.05, 0.1) is 6.04 Å². The monoisotopic (exact) mass is 294 g/mol. The first-order valence-electron chi connectivity index (χ1n) is 5.09. The fraction of sp³-hybridized carbons (Fsp3) is 0.182. The second kappa shape index (κ2) is 5.09. The highest BCUT2D eigenvalue weighted by Gasteiger charge is 2.13. The molecule has 0 radical (unpaired) electrons. The molecule has 17 heavy (non-hydrogen) atoms. The SMILES string of the molecule is CC(NC(=O)c1cccc(Br)n1)c1ncc[nH]1. The number of aromatic nitrogens is 3. The number of halogens is 1. The molecule has 2 heterocycles. The van der Waals surface area contributed by atoms with Crippen LogP contribution in [0.4, 0.5) is 0 Å². The Balaban J connectivity index is 2.07. The second-order valence-electron chi connectivity index (χ2n) is 3.52. The molecule has 1 atom stereocenters. The Bertz CT molecular complexity index is 512. The molecule has 2 aromatic rings. The molecule has 1 unspecified atom stereocenters. The van der Waals surface area contributed by atoms with E-state index in [4.69, 9.17) is 0 Å². The van der Waals surface area contributed by atoms with Gasteiger partial charge in [0, 0.05) is 12.4 Å². The van der Waals surface area contributed by atoms with Gasteiger partial charge in [0.15, 0.2) is 0 Å². The third-order valence-electron chi connectivity index (χ3n) is 2.22. The van der Waals surface area contributed by atoms with E-state index in [1.54, 1.807) is 30.6 Å². The summed E-state index contributed by atoms with van der Waals surface area (Å²) in [6, 6.07) is 5.02. The molecule has 5 nitrogen and oxygen atoms in total. The predicted octanol–water partition coefficient (Wildman–Crippen LogP) is 2.06. The lowest BCUT2D eigenvalue weighted by Crippen LogP contribution is -2.28. The van der Waals surface area contributed by atoms with Crippen molar-refractivity contribution in [2.75, 3.05) is 0 Å². The summed E-state index contributed by atoms with van der Waals surface area (Å²) in [5.41, 5.74) is 0.373. The summed E-state index contributed by atoms with van der Waals surface area (Å²) < 4.78 is 0.635. The van der Waals surface area contributed by atoms with E-state index in [-0.39, 0.29) is 11.9 Å². The molecule has 0 saturated carbocycles. The Morgan fingerprint density at radius 2 is 2.35 bits per heavy atom. The number of nitrogens with one attached hydrogen (secondary N) is 2. The zero-order chi connectivity index (χ0) is 12.3. The van der Waals surface area contributed by atoms with Crippen LogP contribution in [0.1, 0.15) is 29.3 Å². The summed E-state index contributed by atoms with van der Waals surface area (Å²) in [4.78, 5) is 23.0. The lowest BCUT2D eigenvalue weighted by atomic mass is 10.3. The van der Waals surface area contributed by atoms with Gasteiger partial charge in [-0.3, -0.25) is 4.79 Å². The van der Waals surface area contributed by atoms with Gasteiger partial charge in [-0.2, -0.15) is 0 Å². The number of amides is 1. The topological polar surface area (TPSA) is 70.7 Å². The second-order valence-corrected chi connectivity index (χ2v) is 4.33. The smallest absolute Gasteiger partial charge is 0.270 e. The number of carbonyl (C=O) groups is 1. The molecular weight excluding hydrogens is 284 g/mol. The van der Waals surface area contributed by atoms with Crippen LogP contribution < -0.4 is 5.32 Å². The van der Waals surface area contributed by atoms with Crippen LogP contribution in [-0.4, -0.2) is 20.9 Å². The van der Waals surface area contributed by atoms with E-state index in [9.17, 15) is 4.79 Å². The lowest BCUT2D eigenvalue weighted by Gasteiger charge is -2.10. The van der Waals surface area contributed by atoms with Gasteiger partial charge >= 0.3 is 0 Å². The highest BCUT2D eigenvalue weighted by molar-refractivity contribution is 9.10. The number of pyridine rings is 1. The van der Waals surface area contributed by atoms with E-state index >= 15 is 0 Å². The number of nitrogens with zero attached hydrogens (tertiary/aromatic N) is 2. The maximum atomic E-state index is 11.9. The van der Waals surface area contributed by atoms with Crippen molar-refractivity contribution in [3.8, 4) is 0 Å². The third-order valence-corrected chi connectivity index (χ3v) is 2.67. The van der Waals surface area contributed by atoms with Gasteiger partial charge in [0.25, 0.3) is 5.91 Å². The normalized spacial score (nSPS) is 12.1. The Morgan fingerprint density at radius 3 is 3.00 bits per heavy atom. The van der Waals surface area contributed by atoms with Gasteiger partial charge in [-0.15, -0.1) is 0 Å². The average molecular weight is 295 g/mol. The van der Waals surface area contributed by atoms with Crippen LogP contribution in [0.25, 0.3) is 0 Å². The Labute approximate surface area is 107 Å². The molecule has 0 bridgehead atoms. The van der Waals surface area contributed by atoms with Crippen molar-refractivity contribution in [1.82, 2.24) is 20.3 Å². The third kappa shape index (κ3) is 2.91. The maximum absolute atomic E-state index is 11.9. The van der Waals surface area contributed by atoms with Crippen LogP contribution in [0.3, 0.4) is 0 Å². The van der Waals surface area contributed by atoms with Gasteiger partial charge in [0.2, 0.25) is 0 Å². The molecule has 0 spiro atoms. The largest absolute Gasteiger partial charge is 0.347 e. The molecule has 0 fully saturated rings. The zero-order valence-electron chi connectivity index (χ0n) is 9.14. The van der Waals surface area contributed by atoms with E-state index in [0.717, 1.165) is 0 Å². The Hall–Kier alpha value is -1.69. The van der Waals surface area contributed by atoms with Gasteiger partial charge in [-0.05, 0) is 35.0 Å². The van der Waals surface area contributed by atoms with Gasteiger partial charge < -0.3 is 10.3 Å².